The van der Waals surface area contributed by atoms with Crippen LogP contribution in [0.1, 0.15) is 40.3 Å². The van der Waals surface area contributed by atoms with Crippen molar-refractivity contribution in [3.05, 3.63) is 77.4 Å². The van der Waals surface area contributed by atoms with E-state index in [0.717, 1.165) is 46.3 Å². The quantitative estimate of drug-likeness (QED) is 0.538. The lowest BCUT2D eigenvalue weighted by molar-refractivity contribution is 0.0720. The summed E-state index contributed by atoms with van der Waals surface area (Å²) in [5, 5.41) is 1.11. The van der Waals surface area contributed by atoms with Crippen LogP contribution in [0.2, 0.25) is 0 Å². The highest BCUT2D eigenvalue weighted by Crippen LogP contribution is 2.30. The number of aromatic nitrogens is 3. The van der Waals surface area contributed by atoms with E-state index in [1.807, 2.05) is 65.7 Å². The van der Waals surface area contributed by atoms with E-state index in [1.54, 1.807) is 0 Å². The smallest absolute Gasteiger partial charge is 0.273 e. The molecule has 5 nitrogen and oxygen atoms in total. The first-order valence-corrected chi connectivity index (χ1v) is 9.71. The minimum Gasteiger partial charge on any atom is -0.328 e. The van der Waals surface area contributed by atoms with E-state index in [9.17, 15) is 4.79 Å². The standard InChI is InChI=1S/C23H22N4O/c1-15-11-12-26-21(13-15)24-16(2)22(26)23(28)27(19-9-10-19)14-18-8-7-17-5-3-4-6-20(17)25-18/h3-8,11-13,19H,9-10,14H2,1-2H3. The number of rotatable bonds is 4. The molecule has 0 unspecified atom stereocenters. The molecule has 5 rings (SSSR count). The van der Waals surface area contributed by atoms with Crippen molar-refractivity contribution in [1.29, 1.82) is 0 Å². The van der Waals surface area contributed by atoms with Crippen LogP contribution in [0.25, 0.3) is 16.6 Å². The summed E-state index contributed by atoms with van der Waals surface area (Å²) in [6, 6.07) is 16.5. The molecule has 0 radical (unpaired) electrons. The molecule has 5 heteroatoms. The molecule has 0 N–H and O–H groups in total. The third-order valence-electron chi connectivity index (χ3n) is 5.40. The predicted octanol–water partition coefficient (Wildman–Crippen LogP) is 4.30. The number of fused-ring (bicyclic) bond motifs is 2. The van der Waals surface area contributed by atoms with Crippen molar-refractivity contribution in [2.75, 3.05) is 0 Å². The minimum absolute atomic E-state index is 0.0336. The van der Waals surface area contributed by atoms with Gasteiger partial charge in [-0.1, -0.05) is 24.3 Å². The van der Waals surface area contributed by atoms with Gasteiger partial charge in [0.2, 0.25) is 0 Å². The van der Waals surface area contributed by atoms with Crippen LogP contribution >= 0.6 is 0 Å². The molecule has 0 spiro atoms. The Bertz CT molecular complexity index is 1210. The largest absolute Gasteiger partial charge is 0.328 e. The van der Waals surface area contributed by atoms with Gasteiger partial charge in [-0.3, -0.25) is 14.2 Å². The first kappa shape index (κ1) is 16.9. The van der Waals surface area contributed by atoms with Crippen molar-refractivity contribution in [1.82, 2.24) is 19.3 Å². The highest BCUT2D eigenvalue weighted by Gasteiger charge is 2.35. The second-order valence-corrected chi connectivity index (χ2v) is 7.64. The van der Waals surface area contributed by atoms with Gasteiger partial charge in [-0.2, -0.15) is 0 Å². The number of carbonyl (C=O) groups excluding carboxylic acids is 1. The van der Waals surface area contributed by atoms with Gasteiger partial charge in [-0.25, -0.2) is 4.98 Å². The average Bonchev–Trinajstić information content (AvgIpc) is 3.47. The van der Waals surface area contributed by atoms with Gasteiger partial charge in [0.15, 0.2) is 0 Å². The summed E-state index contributed by atoms with van der Waals surface area (Å²) >= 11 is 0. The molecule has 1 fully saturated rings. The molecule has 3 heterocycles. The molecule has 140 valence electrons. The maximum atomic E-state index is 13.5. The van der Waals surface area contributed by atoms with Crippen LogP contribution < -0.4 is 0 Å². The summed E-state index contributed by atoms with van der Waals surface area (Å²) in [7, 11) is 0. The number of aryl methyl sites for hydroxylation is 2. The molecule has 1 amide bonds. The summed E-state index contributed by atoms with van der Waals surface area (Å²) < 4.78 is 1.91. The maximum absolute atomic E-state index is 13.5. The molecular weight excluding hydrogens is 348 g/mol. The zero-order valence-corrected chi connectivity index (χ0v) is 16.1. The fourth-order valence-corrected chi connectivity index (χ4v) is 3.78. The van der Waals surface area contributed by atoms with Crippen molar-refractivity contribution in [3.63, 3.8) is 0 Å². The van der Waals surface area contributed by atoms with Crippen LogP contribution in [-0.2, 0) is 6.54 Å². The summed E-state index contributed by atoms with van der Waals surface area (Å²) in [6.45, 7) is 4.47. The lowest BCUT2D eigenvalue weighted by Crippen LogP contribution is -2.34. The number of amides is 1. The van der Waals surface area contributed by atoms with Gasteiger partial charge in [-0.15, -0.1) is 0 Å². The first-order chi connectivity index (χ1) is 13.6. The number of nitrogens with zero attached hydrogens (tertiary/aromatic N) is 4. The maximum Gasteiger partial charge on any atom is 0.273 e. The Morgan fingerprint density at radius 1 is 1.11 bits per heavy atom. The molecule has 1 aromatic carbocycles. The molecule has 4 aromatic rings. The molecule has 0 atom stereocenters. The van der Waals surface area contributed by atoms with E-state index >= 15 is 0 Å². The second-order valence-electron chi connectivity index (χ2n) is 7.64. The summed E-state index contributed by atoms with van der Waals surface area (Å²) in [4.78, 5) is 24.9. The van der Waals surface area contributed by atoms with Crippen molar-refractivity contribution in [2.45, 2.75) is 39.3 Å². The van der Waals surface area contributed by atoms with E-state index in [2.05, 4.69) is 17.1 Å². The molecule has 3 aromatic heterocycles. The van der Waals surface area contributed by atoms with Gasteiger partial charge in [0.1, 0.15) is 11.3 Å². The molecule has 1 aliphatic rings. The number of pyridine rings is 2. The van der Waals surface area contributed by atoms with Crippen LogP contribution in [0, 0.1) is 13.8 Å². The summed E-state index contributed by atoms with van der Waals surface area (Å²) in [5.41, 5.74) is 5.26. The van der Waals surface area contributed by atoms with E-state index in [-0.39, 0.29) is 11.9 Å². The average molecular weight is 370 g/mol. The van der Waals surface area contributed by atoms with Crippen molar-refractivity contribution in [2.24, 2.45) is 0 Å². The first-order valence-electron chi connectivity index (χ1n) is 9.71. The predicted molar refractivity (Wildman–Crippen MR) is 109 cm³/mol. The summed E-state index contributed by atoms with van der Waals surface area (Å²) in [6.07, 6.45) is 4.04. The fourth-order valence-electron chi connectivity index (χ4n) is 3.78. The van der Waals surface area contributed by atoms with Crippen LogP contribution in [-0.4, -0.2) is 31.2 Å². The Morgan fingerprint density at radius 2 is 1.93 bits per heavy atom. The van der Waals surface area contributed by atoms with Crippen LogP contribution in [0.3, 0.4) is 0 Å². The zero-order chi connectivity index (χ0) is 19.3. The fraction of sp³-hybridized carbons (Fsp3) is 0.261. The molecule has 0 bridgehead atoms. The number of hydrogen-bond acceptors (Lipinski definition) is 3. The summed E-state index contributed by atoms with van der Waals surface area (Å²) in [5.74, 6) is 0.0336. The highest BCUT2D eigenvalue weighted by atomic mass is 16.2. The molecule has 0 aliphatic heterocycles. The van der Waals surface area contributed by atoms with E-state index in [0.29, 0.717) is 12.2 Å². The normalized spacial score (nSPS) is 13.9. The van der Waals surface area contributed by atoms with Gasteiger partial charge < -0.3 is 4.90 Å². The number of hydrogen-bond donors (Lipinski definition) is 0. The topological polar surface area (TPSA) is 50.5 Å². The lowest BCUT2D eigenvalue weighted by Gasteiger charge is -2.22. The van der Waals surface area contributed by atoms with Gasteiger partial charge in [0.25, 0.3) is 5.91 Å². The van der Waals surface area contributed by atoms with Crippen LogP contribution in [0.15, 0.2) is 54.7 Å². The van der Waals surface area contributed by atoms with Crippen molar-refractivity contribution >= 4 is 22.5 Å². The van der Waals surface area contributed by atoms with E-state index in [4.69, 9.17) is 4.98 Å². The van der Waals surface area contributed by atoms with Gasteiger partial charge in [-0.05, 0) is 56.5 Å². The second kappa shape index (κ2) is 6.44. The molecule has 1 saturated carbocycles. The third kappa shape index (κ3) is 2.93. The van der Waals surface area contributed by atoms with Crippen molar-refractivity contribution < 1.29 is 4.79 Å². The van der Waals surface area contributed by atoms with Crippen LogP contribution in [0.4, 0.5) is 0 Å². The van der Waals surface area contributed by atoms with E-state index in [1.165, 1.54) is 0 Å². The zero-order valence-electron chi connectivity index (χ0n) is 16.1. The van der Waals surface area contributed by atoms with Gasteiger partial charge >= 0.3 is 0 Å². The SMILES string of the molecule is Cc1ccn2c(C(=O)N(Cc3ccc4ccccc4n3)C3CC3)c(C)nc2c1. The number of carbonyl (C=O) groups is 1. The Kier molecular flexibility index (Phi) is 3.90. The Hall–Kier alpha value is -3.21. The Labute approximate surface area is 163 Å². The number of benzene rings is 1. The lowest BCUT2D eigenvalue weighted by atomic mass is 10.2. The van der Waals surface area contributed by atoms with Crippen LogP contribution in [0.5, 0.6) is 0 Å². The van der Waals surface area contributed by atoms with Gasteiger partial charge in [0, 0.05) is 17.6 Å². The number of para-hydroxylation sites is 1. The Morgan fingerprint density at radius 3 is 2.75 bits per heavy atom. The molecule has 28 heavy (non-hydrogen) atoms. The van der Waals surface area contributed by atoms with Crippen molar-refractivity contribution in [3.8, 4) is 0 Å². The third-order valence-corrected chi connectivity index (χ3v) is 5.40. The monoisotopic (exact) mass is 370 g/mol. The molecular formula is C23H22N4O. The Balaban J connectivity index is 1.51. The minimum atomic E-state index is 0.0336. The van der Waals surface area contributed by atoms with E-state index < -0.39 is 0 Å². The number of imidazole rings is 1. The molecule has 0 saturated heterocycles. The molecule has 1 aliphatic carbocycles. The van der Waals surface area contributed by atoms with Gasteiger partial charge in [0.05, 0.1) is 23.4 Å². The highest BCUT2D eigenvalue weighted by molar-refractivity contribution is 5.95.